The topological polar surface area (TPSA) is 46.4 Å². The molecule has 0 spiro atoms. The predicted octanol–water partition coefficient (Wildman–Crippen LogP) is 2.75. The van der Waals surface area contributed by atoms with Gasteiger partial charge in [-0.15, -0.1) is 0 Å². The highest BCUT2D eigenvalue weighted by molar-refractivity contribution is 9.10. The number of nitrogens with zero attached hydrogens (tertiary/aromatic N) is 2. The van der Waals surface area contributed by atoms with Gasteiger partial charge in [0.15, 0.2) is 0 Å². The molecule has 2 heterocycles. The van der Waals surface area contributed by atoms with Gasteiger partial charge in [-0.1, -0.05) is 13.0 Å². The van der Waals surface area contributed by atoms with E-state index < -0.39 is 0 Å². The Labute approximate surface area is 107 Å². The molecule has 0 aliphatic heterocycles. The van der Waals surface area contributed by atoms with Crippen molar-refractivity contribution >= 4 is 27.5 Å². The van der Waals surface area contributed by atoms with E-state index in [2.05, 4.69) is 26.2 Å². The monoisotopic (exact) mass is 293 g/mol. The van der Waals surface area contributed by atoms with Gasteiger partial charge in [-0.2, -0.15) is 0 Å². The molecule has 88 valence electrons. The smallest absolute Gasteiger partial charge is 0.273 e. The lowest BCUT2D eigenvalue weighted by Crippen LogP contribution is -2.18. The molecule has 0 unspecified atom stereocenters. The standard InChI is InChI=1S/C12H12BrN3O/c1-2-3-6-14-12(17)10-7-15-11-5-4-9(13)8-16(10)11/h3-8H,2H2,1H3,(H,14,17)/b6-3+. The van der Waals surface area contributed by atoms with Gasteiger partial charge >= 0.3 is 0 Å². The minimum absolute atomic E-state index is 0.166. The van der Waals surface area contributed by atoms with Crippen LogP contribution in [0.2, 0.25) is 0 Å². The summed E-state index contributed by atoms with van der Waals surface area (Å²) in [5.41, 5.74) is 1.26. The molecule has 0 atom stereocenters. The van der Waals surface area contributed by atoms with Crippen LogP contribution in [0.15, 0.2) is 41.3 Å². The van der Waals surface area contributed by atoms with Crippen LogP contribution in [0.25, 0.3) is 5.65 Å². The van der Waals surface area contributed by atoms with Crippen molar-refractivity contribution in [2.75, 3.05) is 0 Å². The van der Waals surface area contributed by atoms with Crippen molar-refractivity contribution in [2.24, 2.45) is 0 Å². The zero-order chi connectivity index (χ0) is 12.3. The number of amides is 1. The first-order valence-electron chi connectivity index (χ1n) is 5.31. The van der Waals surface area contributed by atoms with E-state index in [4.69, 9.17) is 0 Å². The molecule has 0 saturated carbocycles. The maximum Gasteiger partial charge on any atom is 0.273 e. The van der Waals surface area contributed by atoms with Crippen LogP contribution in [-0.2, 0) is 0 Å². The first-order valence-corrected chi connectivity index (χ1v) is 6.10. The highest BCUT2D eigenvalue weighted by Gasteiger charge is 2.10. The lowest BCUT2D eigenvalue weighted by atomic mass is 10.4. The van der Waals surface area contributed by atoms with Crippen LogP contribution in [0.1, 0.15) is 23.8 Å². The number of fused-ring (bicyclic) bond motifs is 1. The summed E-state index contributed by atoms with van der Waals surface area (Å²) in [4.78, 5) is 16.0. The summed E-state index contributed by atoms with van der Waals surface area (Å²) in [5.74, 6) is -0.166. The molecule has 4 nitrogen and oxygen atoms in total. The number of nitrogens with one attached hydrogen (secondary N) is 1. The van der Waals surface area contributed by atoms with Crippen molar-refractivity contribution in [3.05, 3.63) is 47.0 Å². The third-order valence-electron chi connectivity index (χ3n) is 2.27. The number of hydrogen-bond acceptors (Lipinski definition) is 2. The van der Waals surface area contributed by atoms with Crippen molar-refractivity contribution in [2.45, 2.75) is 13.3 Å². The summed E-state index contributed by atoms with van der Waals surface area (Å²) in [6.07, 6.45) is 7.81. The van der Waals surface area contributed by atoms with E-state index in [9.17, 15) is 4.79 Å². The predicted molar refractivity (Wildman–Crippen MR) is 69.8 cm³/mol. The fraction of sp³-hybridized carbons (Fsp3) is 0.167. The summed E-state index contributed by atoms with van der Waals surface area (Å²) in [7, 11) is 0. The molecule has 1 amide bonds. The first-order chi connectivity index (χ1) is 8.22. The van der Waals surface area contributed by atoms with E-state index in [1.807, 2.05) is 31.3 Å². The molecule has 1 N–H and O–H groups in total. The minimum Gasteiger partial charge on any atom is -0.328 e. The number of halogens is 1. The van der Waals surface area contributed by atoms with Crippen molar-refractivity contribution < 1.29 is 4.79 Å². The fourth-order valence-electron chi connectivity index (χ4n) is 1.45. The highest BCUT2D eigenvalue weighted by atomic mass is 79.9. The van der Waals surface area contributed by atoms with E-state index in [1.165, 1.54) is 0 Å². The Bertz CT molecular complexity index is 574. The summed E-state index contributed by atoms with van der Waals surface area (Å²) in [6.45, 7) is 2.01. The Morgan fingerprint density at radius 3 is 3.18 bits per heavy atom. The van der Waals surface area contributed by atoms with Gasteiger partial charge in [0, 0.05) is 16.9 Å². The Balaban J connectivity index is 2.32. The highest BCUT2D eigenvalue weighted by Crippen LogP contribution is 2.13. The van der Waals surface area contributed by atoms with Gasteiger partial charge in [0.1, 0.15) is 11.3 Å². The summed E-state index contributed by atoms with van der Waals surface area (Å²) < 4.78 is 2.65. The van der Waals surface area contributed by atoms with Crippen LogP contribution in [0.3, 0.4) is 0 Å². The zero-order valence-electron chi connectivity index (χ0n) is 9.35. The van der Waals surface area contributed by atoms with Gasteiger partial charge in [-0.25, -0.2) is 4.98 Å². The van der Waals surface area contributed by atoms with Crippen molar-refractivity contribution in [1.29, 1.82) is 0 Å². The second kappa shape index (κ2) is 5.14. The number of carbonyl (C=O) groups excluding carboxylic acids is 1. The molecular weight excluding hydrogens is 282 g/mol. The van der Waals surface area contributed by atoms with Gasteiger partial charge < -0.3 is 5.32 Å². The van der Waals surface area contributed by atoms with Gasteiger partial charge in [-0.05, 0) is 34.5 Å². The number of allylic oxidation sites excluding steroid dienone is 1. The molecule has 2 aromatic rings. The molecule has 5 heteroatoms. The second-order valence-electron chi connectivity index (χ2n) is 3.50. The molecular formula is C12H12BrN3O. The Hall–Kier alpha value is -1.62. The van der Waals surface area contributed by atoms with Crippen LogP contribution >= 0.6 is 15.9 Å². The van der Waals surface area contributed by atoms with E-state index in [1.54, 1.807) is 16.8 Å². The maximum atomic E-state index is 11.9. The fourth-order valence-corrected chi connectivity index (χ4v) is 1.79. The molecule has 2 aromatic heterocycles. The zero-order valence-corrected chi connectivity index (χ0v) is 10.9. The largest absolute Gasteiger partial charge is 0.328 e. The molecule has 0 bridgehead atoms. The van der Waals surface area contributed by atoms with Crippen molar-refractivity contribution in [3.63, 3.8) is 0 Å². The molecule has 17 heavy (non-hydrogen) atoms. The second-order valence-corrected chi connectivity index (χ2v) is 4.42. The number of pyridine rings is 1. The summed E-state index contributed by atoms with van der Waals surface area (Å²) in [5, 5.41) is 2.70. The first kappa shape index (κ1) is 11.9. The van der Waals surface area contributed by atoms with Crippen LogP contribution in [0.4, 0.5) is 0 Å². The molecule has 2 rings (SSSR count). The van der Waals surface area contributed by atoms with Crippen molar-refractivity contribution in [3.8, 4) is 0 Å². The van der Waals surface area contributed by atoms with Crippen LogP contribution in [-0.4, -0.2) is 15.3 Å². The van der Waals surface area contributed by atoms with Crippen LogP contribution in [0, 0.1) is 0 Å². The Kier molecular flexibility index (Phi) is 3.58. The summed E-state index contributed by atoms with van der Waals surface area (Å²) >= 11 is 3.37. The van der Waals surface area contributed by atoms with E-state index >= 15 is 0 Å². The lowest BCUT2D eigenvalue weighted by Gasteiger charge is -2.01. The molecule has 0 aliphatic carbocycles. The number of aromatic nitrogens is 2. The van der Waals surface area contributed by atoms with Crippen LogP contribution < -0.4 is 5.32 Å². The average Bonchev–Trinajstić information content (AvgIpc) is 2.72. The van der Waals surface area contributed by atoms with Gasteiger partial charge in [0.05, 0.1) is 6.20 Å². The van der Waals surface area contributed by atoms with Gasteiger partial charge in [-0.3, -0.25) is 9.20 Å². The molecule has 0 aromatic carbocycles. The lowest BCUT2D eigenvalue weighted by molar-refractivity contribution is 0.0964. The number of carbonyl (C=O) groups is 1. The Morgan fingerprint density at radius 2 is 2.41 bits per heavy atom. The number of hydrogen-bond donors (Lipinski definition) is 1. The molecule has 0 fully saturated rings. The third kappa shape index (κ3) is 2.55. The minimum atomic E-state index is -0.166. The maximum absolute atomic E-state index is 11.9. The quantitative estimate of drug-likeness (QED) is 0.946. The molecule has 0 saturated heterocycles. The normalized spacial score (nSPS) is 11.2. The van der Waals surface area contributed by atoms with Crippen molar-refractivity contribution in [1.82, 2.24) is 14.7 Å². The average molecular weight is 294 g/mol. The molecule has 0 radical (unpaired) electrons. The van der Waals surface area contributed by atoms with E-state index in [-0.39, 0.29) is 5.91 Å². The third-order valence-corrected chi connectivity index (χ3v) is 2.74. The molecule has 0 aliphatic rings. The van der Waals surface area contributed by atoms with Gasteiger partial charge in [0.25, 0.3) is 5.91 Å². The van der Waals surface area contributed by atoms with E-state index in [0.717, 1.165) is 16.5 Å². The SMILES string of the molecule is CC/C=C/NC(=O)c1cnc2ccc(Br)cn12. The number of imidazole rings is 1. The van der Waals surface area contributed by atoms with E-state index in [0.29, 0.717) is 5.69 Å². The number of rotatable bonds is 3. The van der Waals surface area contributed by atoms with Crippen LogP contribution in [0.5, 0.6) is 0 Å². The summed E-state index contributed by atoms with van der Waals surface area (Å²) in [6, 6.07) is 3.74. The Morgan fingerprint density at radius 1 is 1.59 bits per heavy atom. The van der Waals surface area contributed by atoms with Gasteiger partial charge in [0.2, 0.25) is 0 Å².